The van der Waals surface area contributed by atoms with Gasteiger partial charge in [-0.2, -0.15) is 13.2 Å². The fraction of sp³-hybridized carbons (Fsp3) is 0.833. The van der Waals surface area contributed by atoms with Gasteiger partial charge in [0.15, 0.2) is 9.84 Å². The molecule has 0 aromatic heterocycles. The lowest BCUT2D eigenvalue weighted by Gasteiger charge is -2.23. The van der Waals surface area contributed by atoms with Crippen molar-refractivity contribution in [2.24, 2.45) is 5.73 Å². The summed E-state index contributed by atoms with van der Waals surface area (Å²) >= 11 is 0. The summed E-state index contributed by atoms with van der Waals surface area (Å²) in [5.41, 5.74) is 5.13. The number of alkyl halides is 3. The quantitative estimate of drug-likeness (QED) is 0.668. The van der Waals surface area contributed by atoms with Gasteiger partial charge in [0.1, 0.15) is 0 Å². The molecule has 0 amide bonds. The van der Waals surface area contributed by atoms with Gasteiger partial charge in [-0.1, -0.05) is 0 Å². The smallest absolute Gasteiger partial charge is 0.475 e. The summed E-state index contributed by atoms with van der Waals surface area (Å²) < 4.78 is 52.9. The first-order valence-corrected chi connectivity index (χ1v) is 5.54. The van der Waals surface area contributed by atoms with E-state index in [9.17, 15) is 21.6 Å². The van der Waals surface area contributed by atoms with Gasteiger partial charge in [0.2, 0.25) is 0 Å². The van der Waals surface area contributed by atoms with E-state index in [1.54, 1.807) is 0 Å². The van der Waals surface area contributed by atoms with Crippen molar-refractivity contribution < 1.29 is 31.5 Å². The SMILES string of the molecule is NCC1CCS1(=O)=O.O=C(O)C(F)(F)F. The molecule has 1 aliphatic heterocycles. The largest absolute Gasteiger partial charge is 0.490 e. The number of nitrogens with two attached hydrogens (primary N) is 1. The molecule has 1 atom stereocenters. The first-order valence-electron chi connectivity index (χ1n) is 3.83. The number of carboxylic acid groups (broad SMARTS) is 1. The van der Waals surface area contributed by atoms with Crippen LogP contribution in [0.25, 0.3) is 0 Å². The van der Waals surface area contributed by atoms with Crippen molar-refractivity contribution in [2.45, 2.75) is 17.8 Å². The number of sulfone groups is 1. The minimum Gasteiger partial charge on any atom is -0.475 e. The van der Waals surface area contributed by atoms with Crippen molar-refractivity contribution in [3.05, 3.63) is 0 Å². The second kappa shape index (κ2) is 4.79. The molecule has 0 aliphatic carbocycles. The van der Waals surface area contributed by atoms with Gasteiger partial charge in [-0.15, -0.1) is 0 Å². The van der Waals surface area contributed by atoms with Crippen LogP contribution in [-0.2, 0) is 14.6 Å². The third-order valence-electron chi connectivity index (χ3n) is 1.74. The highest BCUT2D eigenvalue weighted by Gasteiger charge is 2.38. The lowest BCUT2D eigenvalue weighted by molar-refractivity contribution is -0.192. The van der Waals surface area contributed by atoms with Crippen LogP contribution in [0.15, 0.2) is 0 Å². The zero-order valence-electron chi connectivity index (χ0n) is 7.49. The summed E-state index contributed by atoms with van der Waals surface area (Å²) in [6.45, 7) is 0.294. The maximum absolute atomic E-state index is 10.6. The Kier molecular flexibility index (Phi) is 4.53. The van der Waals surface area contributed by atoms with E-state index in [4.69, 9.17) is 15.6 Å². The molecule has 1 aliphatic rings. The van der Waals surface area contributed by atoms with Crippen LogP contribution in [0.2, 0.25) is 0 Å². The van der Waals surface area contributed by atoms with Crippen molar-refractivity contribution in [3.63, 3.8) is 0 Å². The lowest BCUT2D eigenvalue weighted by atomic mass is 10.3. The Labute approximate surface area is 84.0 Å². The van der Waals surface area contributed by atoms with Crippen molar-refractivity contribution in [2.75, 3.05) is 12.3 Å². The van der Waals surface area contributed by atoms with Crippen LogP contribution in [0.5, 0.6) is 0 Å². The number of hydrogen-bond donors (Lipinski definition) is 2. The maximum atomic E-state index is 10.6. The summed E-state index contributed by atoms with van der Waals surface area (Å²) in [6.07, 6.45) is -4.32. The predicted octanol–water partition coefficient (Wildman–Crippen LogP) is -0.234. The van der Waals surface area contributed by atoms with Crippen molar-refractivity contribution >= 4 is 15.8 Å². The van der Waals surface area contributed by atoms with Crippen LogP contribution in [0.3, 0.4) is 0 Å². The third kappa shape index (κ3) is 4.47. The fourth-order valence-corrected chi connectivity index (χ4v) is 1.99. The molecule has 0 radical (unpaired) electrons. The molecule has 90 valence electrons. The molecule has 3 N–H and O–H groups in total. The molecule has 1 fully saturated rings. The Morgan fingerprint density at radius 2 is 1.87 bits per heavy atom. The number of carbonyl (C=O) groups is 1. The molecule has 0 spiro atoms. The van der Waals surface area contributed by atoms with Crippen LogP contribution >= 0.6 is 0 Å². The van der Waals surface area contributed by atoms with E-state index in [1.807, 2.05) is 0 Å². The molecule has 5 nitrogen and oxygen atoms in total. The van der Waals surface area contributed by atoms with Crippen molar-refractivity contribution in [3.8, 4) is 0 Å². The standard InChI is InChI=1S/C4H9NO2S.C2HF3O2/c5-3-4-1-2-8(4,6)7;3-2(4,5)1(6)7/h4H,1-3,5H2;(H,6,7). The molecule has 0 aromatic rings. The minimum absolute atomic E-state index is 0.220. The highest BCUT2D eigenvalue weighted by atomic mass is 32.2. The number of hydrogen-bond acceptors (Lipinski definition) is 4. The number of aliphatic carboxylic acids is 1. The number of carboxylic acids is 1. The van der Waals surface area contributed by atoms with E-state index in [1.165, 1.54) is 0 Å². The monoisotopic (exact) mass is 249 g/mol. The van der Waals surface area contributed by atoms with Crippen LogP contribution in [0.1, 0.15) is 6.42 Å². The number of halogens is 3. The summed E-state index contributed by atoms with van der Waals surface area (Å²) in [6, 6.07) is 0. The highest BCUT2D eigenvalue weighted by Crippen LogP contribution is 2.18. The van der Waals surface area contributed by atoms with E-state index in [2.05, 4.69) is 0 Å². The van der Waals surface area contributed by atoms with Gasteiger partial charge in [-0.25, -0.2) is 13.2 Å². The molecule has 1 unspecified atom stereocenters. The highest BCUT2D eigenvalue weighted by molar-refractivity contribution is 7.93. The zero-order valence-corrected chi connectivity index (χ0v) is 8.31. The van der Waals surface area contributed by atoms with Gasteiger partial charge in [0, 0.05) is 6.54 Å². The van der Waals surface area contributed by atoms with Gasteiger partial charge in [0.05, 0.1) is 11.0 Å². The van der Waals surface area contributed by atoms with Crippen molar-refractivity contribution in [1.29, 1.82) is 0 Å². The molecular weight excluding hydrogens is 239 g/mol. The maximum Gasteiger partial charge on any atom is 0.490 e. The average molecular weight is 249 g/mol. The van der Waals surface area contributed by atoms with E-state index in [0.29, 0.717) is 12.3 Å². The molecule has 1 rings (SSSR count). The van der Waals surface area contributed by atoms with Crippen molar-refractivity contribution in [1.82, 2.24) is 0 Å². The van der Waals surface area contributed by atoms with E-state index >= 15 is 0 Å². The first-order chi connectivity index (χ1) is 6.61. The fourth-order valence-electron chi connectivity index (χ4n) is 0.741. The van der Waals surface area contributed by atoms with E-state index < -0.39 is 22.0 Å². The summed E-state index contributed by atoms with van der Waals surface area (Å²) in [7, 11) is -2.70. The van der Waals surface area contributed by atoms with Crippen LogP contribution in [0, 0.1) is 0 Å². The molecule has 15 heavy (non-hydrogen) atoms. The Hall–Kier alpha value is -0.830. The Morgan fingerprint density at radius 3 is 1.87 bits per heavy atom. The molecule has 1 saturated heterocycles. The minimum atomic E-state index is -5.08. The second-order valence-electron chi connectivity index (χ2n) is 2.82. The molecular formula is C6H10F3NO4S. The van der Waals surface area contributed by atoms with E-state index in [-0.39, 0.29) is 5.25 Å². The summed E-state index contributed by atoms with van der Waals surface area (Å²) in [4.78, 5) is 8.90. The van der Waals surface area contributed by atoms with Gasteiger partial charge >= 0.3 is 12.1 Å². The molecule has 0 bridgehead atoms. The molecule has 0 saturated carbocycles. The normalized spacial score (nSPS) is 23.3. The van der Waals surface area contributed by atoms with Crippen LogP contribution in [0.4, 0.5) is 13.2 Å². The van der Waals surface area contributed by atoms with Crippen LogP contribution < -0.4 is 5.73 Å². The molecule has 1 heterocycles. The topological polar surface area (TPSA) is 97.5 Å². The summed E-state index contributed by atoms with van der Waals surface area (Å²) in [5, 5.41) is 6.91. The summed E-state index contributed by atoms with van der Waals surface area (Å²) in [5.74, 6) is -2.41. The Balaban J connectivity index is 0.000000265. The first kappa shape index (κ1) is 14.2. The third-order valence-corrected chi connectivity index (χ3v) is 3.99. The Morgan fingerprint density at radius 1 is 1.47 bits per heavy atom. The Bertz CT molecular complexity index is 322. The van der Waals surface area contributed by atoms with Gasteiger partial charge < -0.3 is 10.8 Å². The predicted molar refractivity (Wildman–Crippen MR) is 44.9 cm³/mol. The number of rotatable bonds is 1. The molecule has 0 aromatic carbocycles. The average Bonchev–Trinajstić information content (AvgIpc) is 2.02. The lowest BCUT2D eigenvalue weighted by Crippen LogP contribution is -2.41. The zero-order chi connectivity index (χ0) is 12.3. The van der Waals surface area contributed by atoms with Gasteiger partial charge in [-0.05, 0) is 6.42 Å². The second-order valence-corrected chi connectivity index (χ2v) is 5.22. The van der Waals surface area contributed by atoms with E-state index in [0.717, 1.165) is 6.42 Å². The molecule has 9 heteroatoms. The van der Waals surface area contributed by atoms with Gasteiger partial charge in [0.25, 0.3) is 0 Å². The van der Waals surface area contributed by atoms with Crippen LogP contribution in [-0.4, -0.2) is 43.2 Å². The van der Waals surface area contributed by atoms with Gasteiger partial charge in [-0.3, -0.25) is 0 Å².